The van der Waals surface area contributed by atoms with E-state index in [2.05, 4.69) is 9.84 Å². The van der Waals surface area contributed by atoms with Crippen molar-refractivity contribution in [1.82, 2.24) is 9.78 Å². The predicted molar refractivity (Wildman–Crippen MR) is 76.3 cm³/mol. The number of aromatic nitrogens is 2. The van der Waals surface area contributed by atoms with Crippen molar-refractivity contribution in [2.24, 2.45) is 0 Å². The van der Waals surface area contributed by atoms with Crippen LogP contribution in [0, 0.1) is 20.8 Å². The number of nitrogens with one attached hydrogen (secondary N) is 1. The Bertz CT molecular complexity index is 710. The molecule has 0 atom stereocenters. The third-order valence-electron chi connectivity index (χ3n) is 3.35. The van der Waals surface area contributed by atoms with Crippen molar-refractivity contribution in [2.45, 2.75) is 27.2 Å². The van der Waals surface area contributed by atoms with Gasteiger partial charge in [-0.05, 0) is 38.0 Å². The number of aryl methyl sites for hydroxylation is 3. The zero-order valence-corrected chi connectivity index (χ0v) is 12.1. The fraction of sp³-hybridized carbons (Fsp3) is 0.333. The third-order valence-corrected chi connectivity index (χ3v) is 3.35. The van der Waals surface area contributed by atoms with E-state index in [-0.39, 0.29) is 12.0 Å². The van der Waals surface area contributed by atoms with E-state index in [0.29, 0.717) is 11.3 Å². The average molecular weight is 274 g/mol. The lowest BCUT2D eigenvalue weighted by molar-refractivity contribution is -0.139. The molecule has 2 rings (SSSR count). The lowest BCUT2D eigenvalue weighted by Gasteiger charge is -2.07. The quantitative estimate of drug-likeness (QED) is 0.868. The summed E-state index contributed by atoms with van der Waals surface area (Å²) in [6.45, 7) is 5.69. The van der Waals surface area contributed by atoms with Gasteiger partial charge in [-0.2, -0.15) is 0 Å². The number of rotatable bonds is 3. The van der Waals surface area contributed by atoms with Gasteiger partial charge in [0.1, 0.15) is 0 Å². The molecule has 0 fully saturated rings. The first kappa shape index (κ1) is 14.1. The van der Waals surface area contributed by atoms with Gasteiger partial charge in [0.25, 0.3) is 5.56 Å². The second-order valence-electron chi connectivity index (χ2n) is 4.90. The SMILES string of the molecule is COC(=O)Cc1c(C)[nH]n(-c2cc(C)ccc2C)c1=O. The van der Waals surface area contributed by atoms with Crippen molar-refractivity contribution in [2.75, 3.05) is 7.11 Å². The summed E-state index contributed by atoms with van der Waals surface area (Å²) in [5, 5.41) is 3.02. The van der Waals surface area contributed by atoms with Crippen LogP contribution in [0.25, 0.3) is 5.69 Å². The number of aromatic amines is 1. The number of H-pyrrole nitrogens is 1. The molecule has 20 heavy (non-hydrogen) atoms. The Morgan fingerprint density at radius 1 is 1.30 bits per heavy atom. The number of esters is 1. The lowest BCUT2D eigenvalue weighted by Crippen LogP contribution is -2.20. The van der Waals surface area contributed by atoms with Crippen molar-refractivity contribution in [3.8, 4) is 5.69 Å². The summed E-state index contributed by atoms with van der Waals surface area (Å²) in [5.41, 5.74) is 3.78. The number of methoxy groups -OCH3 is 1. The van der Waals surface area contributed by atoms with E-state index in [1.807, 2.05) is 32.0 Å². The van der Waals surface area contributed by atoms with E-state index in [4.69, 9.17) is 0 Å². The lowest BCUT2D eigenvalue weighted by atomic mass is 10.1. The van der Waals surface area contributed by atoms with E-state index in [1.165, 1.54) is 11.8 Å². The van der Waals surface area contributed by atoms with Crippen molar-refractivity contribution >= 4 is 5.97 Å². The van der Waals surface area contributed by atoms with Crippen LogP contribution in [0.4, 0.5) is 0 Å². The van der Waals surface area contributed by atoms with Crippen molar-refractivity contribution in [3.63, 3.8) is 0 Å². The molecule has 0 radical (unpaired) electrons. The summed E-state index contributed by atoms with van der Waals surface area (Å²) in [6.07, 6.45) is -0.0183. The van der Waals surface area contributed by atoms with E-state index < -0.39 is 5.97 Å². The largest absolute Gasteiger partial charge is 0.469 e. The van der Waals surface area contributed by atoms with E-state index in [0.717, 1.165) is 16.8 Å². The molecule has 0 aliphatic carbocycles. The number of carbonyl (C=O) groups is 1. The molecule has 0 aliphatic heterocycles. The maximum absolute atomic E-state index is 12.4. The van der Waals surface area contributed by atoms with Gasteiger partial charge in [0.05, 0.1) is 24.8 Å². The number of hydrogen-bond acceptors (Lipinski definition) is 3. The molecule has 0 aliphatic rings. The zero-order valence-electron chi connectivity index (χ0n) is 12.1. The Morgan fingerprint density at radius 2 is 2.00 bits per heavy atom. The number of ether oxygens (including phenoxy) is 1. The maximum atomic E-state index is 12.4. The Morgan fingerprint density at radius 3 is 2.65 bits per heavy atom. The molecular weight excluding hydrogens is 256 g/mol. The Labute approximate surface area is 117 Å². The topological polar surface area (TPSA) is 64.1 Å². The molecule has 0 saturated heterocycles. The molecule has 5 nitrogen and oxygen atoms in total. The minimum absolute atomic E-state index is 0.0183. The standard InChI is InChI=1S/C15H18N2O3/c1-9-5-6-10(2)13(7-9)17-15(19)12(11(3)16-17)8-14(18)20-4/h5-7,16H,8H2,1-4H3. The van der Waals surface area contributed by atoms with Crippen LogP contribution in [-0.2, 0) is 16.0 Å². The van der Waals surface area contributed by atoms with Crippen molar-refractivity contribution < 1.29 is 9.53 Å². The third kappa shape index (κ3) is 2.52. The highest BCUT2D eigenvalue weighted by molar-refractivity contribution is 5.72. The second kappa shape index (κ2) is 5.36. The van der Waals surface area contributed by atoms with Gasteiger partial charge < -0.3 is 4.74 Å². The van der Waals surface area contributed by atoms with Crippen LogP contribution >= 0.6 is 0 Å². The molecule has 2 aromatic rings. The second-order valence-corrected chi connectivity index (χ2v) is 4.90. The van der Waals surface area contributed by atoms with E-state index >= 15 is 0 Å². The molecule has 0 amide bonds. The van der Waals surface area contributed by atoms with Gasteiger partial charge in [0.15, 0.2) is 0 Å². The highest BCUT2D eigenvalue weighted by Gasteiger charge is 2.16. The van der Waals surface area contributed by atoms with E-state index in [1.54, 1.807) is 6.92 Å². The van der Waals surface area contributed by atoms with Gasteiger partial charge in [0.2, 0.25) is 0 Å². The summed E-state index contributed by atoms with van der Waals surface area (Å²) < 4.78 is 6.10. The minimum Gasteiger partial charge on any atom is -0.469 e. The molecule has 1 aromatic carbocycles. The van der Waals surface area contributed by atoms with Gasteiger partial charge in [-0.15, -0.1) is 0 Å². The molecular formula is C15H18N2O3. The number of benzene rings is 1. The predicted octanol–water partition coefficient (Wildman–Crippen LogP) is 1.81. The van der Waals surface area contributed by atoms with Gasteiger partial charge >= 0.3 is 5.97 Å². The smallest absolute Gasteiger partial charge is 0.310 e. The van der Waals surface area contributed by atoms with Crippen LogP contribution in [0.15, 0.2) is 23.0 Å². The molecule has 5 heteroatoms. The highest BCUT2D eigenvalue weighted by atomic mass is 16.5. The average Bonchev–Trinajstić information content (AvgIpc) is 2.69. The normalized spacial score (nSPS) is 10.6. The van der Waals surface area contributed by atoms with Crippen LogP contribution in [0.5, 0.6) is 0 Å². The first-order chi connectivity index (χ1) is 9.43. The summed E-state index contributed by atoms with van der Waals surface area (Å²) in [4.78, 5) is 23.8. The molecule has 1 heterocycles. The summed E-state index contributed by atoms with van der Waals surface area (Å²) >= 11 is 0. The van der Waals surface area contributed by atoms with Crippen LogP contribution in [-0.4, -0.2) is 22.9 Å². The fourth-order valence-electron chi connectivity index (χ4n) is 2.14. The van der Waals surface area contributed by atoms with Crippen LogP contribution < -0.4 is 5.56 Å². The summed E-state index contributed by atoms with van der Waals surface area (Å²) in [6, 6.07) is 5.90. The first-order valence-corrected chi connectivity index (χ1v) is 6.39. The van der Waals surface area contributed by atoms with Crippen LogP contribution in [0.1, 0.15) is 22.4 Å². The minimum atomic E-state index is -0.419. The van der Waals surface area contributed by atoms with E-state index in [9.17, 15) is 9.59 Å². The molecule has 1 aromatic heterocycles. The number of hydrogen-bond donors (Lipinski definition) is 1. The van der Waals surface area contributed by atoms with Gasteiger partial charge in [-0.1, -0.05) is 12.1 Å². The van der Waals surface area contributed by atoms with Gasteiger partial charge in [0, 0.05) is 5.69 Å². The van der Waals surface area contributed by atoms with Crippen molar-refractivity contribution in [3.05, 3.63) is 50.9 Å². The Balaban J connectivity index is 2.54. The zero-order chi connectivity index (χ0) is 14.9. The first-order valence-electron chi connectivity index (χ1n) is 6.39. The Kier molecular flexibility index (Phi) is 3.79. The highest BCUT2D eigenvalue weighted by Crippen LogP contribution is 2.15. The van der Waals surface area contributed by atoms with Gasteiger partial charge in [-0.25, -0.2) is 4.68 Å². The molecule has 0 unspecified atom stereocenters. The monoisotopic (exact) mass is 274 g/mol. The van der Waals surface area contributed by atoms with Crippen LogP contribution in [0.3, 0.4) is 0 Å². The molecule has 106 valence electrons. The fourth-order valence-corrected chi connectivity index (χ4v) is 2.14. The Hall–Kier alpha value is -2.30. The van der Waals surface area contributed by atoms with Gasteiger partial charge in [-0.3, -0.25) is 14.7 Å². The van der Waals surface area contributed by atoms with Crippen molar-refractivity contribution in [1.29, 1.82) is 0 Å². The molecule has 1 N–H and O–H groups in total. The maximum Gasteiger partial charge on any atom is 0.310 e. The summed E-state index contributed by atoms with van der Waals surface area (Å²) in [5.74, 6) is -0.419. The summed E-state index contributed by atoms with van der Waals surface area (Å²) in [7, 11) is 1.31. The van der Waals surface area contributed by atoms with Crippen LogP contribution in [0.2, 0.25) is 0 Å². The number of carbonyl (C=O) groups excluding carboxylic acids is 1. The number of nitrogens with zero attached hydrogens (tertiary/aromatic N) is 1. The molecule has 0 spiro atoms. The molecule has 0 bridgehead atoms. The molecule has 0 saturated carbocycles.